The van der Waals surface area contributed by atoms with Gasteiger partial charge in [0, 0.05) is 10.9 Å². The predicted molar refractivity (Wildman–Crippen MR) is 67.8 cm³/mol. The summed E-state index contributed by atoms with van der Waals surface area (Å²) in [7, 11) is 0. The second-order valence-corrected chi connectivity index (χ2v) is 5.28. The zero-order chi connectivity index (χ0) is 12.7. The molecule has 1 N–H and O–H groups in total. The maximum absolute atomic E-state index is 13.2. The second kappa shape index (κ2) is 4.39. The van der Waals surface area contributed by atoms with E-state index in [4.69, 9.17) is 4.42 Å². The van der Waals surface area contributed by atoms with E-state index in [9.17, 15) is 9.50 Å². The molecule has 2 nitrogen and oxygen atoms in total. The third-order valence-corrected chi connectivity index (χ3v) is 4.02. The van der Waals surface area contributed by atoms with Crippen molar-refractivity contribution in [2.75, 3.05) is 0 Å². The Morgan fingerprint density at radius 1 is 1.44 bits per heavy atom. The highest BCUT2D eigenvalue weighted by Gasteiger charge is 2.25. The van der Waals surface area contributed by atoms with Crippen LogP contribution in [0.1, 0.15) is 43.1 Å². The van der Waals surface area contributed by atoms with Crippen LogP contribution >= 0.6 is 0 Å². The number of benzene rings is 1. The molecule has 1 unspecified atom stereocenters. The fraction of sp³-hybridized carbons (Fsp3) is 0.467. The van der Waals surface area contributed by atoms with Gasteiger partial charge in [0.15, 0.2) is 0 Å². The van der Waals surface area contributed by atoms with Gasteiger partial charge in [0.1, 0.15) is 23.3 Å². The van der Waals surface area contributed by atoms with Gasteiger partial charge in [0.05, 0.1) is 0 Å². The lowest BCUT2D eigenvalue weighted by molar-refractivity contribution is 0.0993. The maximum Gasteiger partial charge on any atom is 0.136 e. The highest BCUT2D eigenvalue weighted by molar-refractivity contribution is 5.82. The van der Waals surface area contributed by atoms with Crippen molar-refractivity contribution in [3.05, 3.63) is 35.3 Å². The number of fused-ring (bicyclic) bond motifs is 1. The molecule has 1 aliphatic carbocycles. The maximum atomic E-state index is 13.2. The first kappa shape index (κ1) is 11.7. The highest BCUT2D eigenvalue weighted by atomic mass is 19.1. The van der Waals surface area contributed by atoms with Crippen LogP contribution in [0.4, 0.5) is 4.39 Å². The summed E-state index contributed by atoms with van der Waals surface area (Å²) in [5.41, 5.74) is 1.51. The van der Waals surface area contributed by atoms with E-state index in [-0.39, 0.29) is 5.82 Å². The van der Waals surface area contributed by atoms with E-state index in [2.05, 4.69) is 0 Å². The Kier molecular flexibility index (Phi) is 2.86. The predicted octanol–water partition coefficient (Wildman–Crippen LogP) is 4.10. The summed E-state index contributed by atoms with van der Waals surface area (Å²) in [5, 5.41) is 11.0. The van der Waals surface area contributed by atoms with E-state index in [1.54, 1.807) is 6.07 Å². The van der Waals surface area contributed by atoms with Crippen LogP contribution < -0.4 is 0 Å². The quantitative estimate of drug-likeness (QED) is 0.887. The smallest absolute Gasteiger partial charge is 0.136 e. The van der Waals surface area contributed by atoms with E-state index in [1.807, 2.05) is 6.92 Å². The van der Waals surface area contributed by atoms with Crippen LogP contribution in [0, 0.1) is 18.7 Å². The standard InChI is InChI=1S/C15H17FO2/c1-9-12-8-11(16)5-6-14(12)18-15(9)13(17)7-10-3-2-4-10/h5-6,8,10,13,17H,2-4,7H2,1H3. The summed E-state index contributed by atoms with van der Waals surface area (Å²) in [6.45, 7) is 1.88. The van der Waals surface area contributed by atoms with Gasteiger partial charge in [-0.2, -0.15) is 0 Å². The van der Waals surface area contributed by atoms with Gasteiger partial charge in [0.2, 0.25) is 0 Å². The molecule has 1 atom stereocenters. The summed E-state index contributed by atoms with van der Waals surface area (Å²) in [4.78, 5) is 0. The summed E-state index contributed by atoms with van der Waals surface area (Å²) < 4.78 is 18.9. The minimum absolute atomic E-state index is 0.272. The number of aliphatic hydroxyl groups is 1. The first-order valence-corrected chi connectivity index (χ1v) is 6.52. The van der Waals surface area contributed by atoms with E-state index in [1.165, 1.54) is 31.4 Å². The summed E-state index contributed by atoms with van der Waals surface area (Å²) in [6, 6.07) is 4.47. The van der Waals surface area contributed by atoms with Crippen molar-refractivity contribution in [3.8, 4) is 0 Å². The van der Waals surface area contributed by atoms with Crippen molar-refractivity contribution in [2.45, 2.75) is 38.7 Å². The Morgan fingerprint density at radius 3 is 2.89 bits per heavy atom. The molecule has 0 radical (unpaired) electrons. The first-order valence-electron chi connectivity index (χ1n) is 6.52. The highest BCUT2D eigenvalue weighted by Crippen LogP contribution is 2.37. The summed E-state index contributed by atoms with van der Waals surface area (Å²) >= 11 is 0. The molecule has 0 aliphatic heterocycles. The third-order valence-electron chi connectivity index (χ3n) is 4.02. The molecule has 1 aromatic heterocycles. The molecule has 1 aliphatic rings. The molecular formula is C15H17FO2. The van der Waals surface area contributed by atoms with Crippen molar-refractivity contribution in [3.63, 3.8) is 0 Å². The second-order valence-electron chi connectivity index (χ2n) is 5.28. The Hall–Kier alpha value is -1.35. The number of rotatable bonds is 3. The zero-order valence-corrected chi connectivity index (χ0v) is 10.4. The van der Waals surface area contributed by atoms with Gasteiger partial charge >= 0.3 is 0 Å². The molecule has 0 saturated heterocycles. The number of aliphatic hydroxyl groups excluding tert-OH is 1. The normalized spacial score (nSPS) is 17.9. The van der Waals surface area contributed by atoms with Gasteiger partial charge in [-0.3, -0.25) is 0 Å². The monoisotopic (exact) mass is 248 g/mol. The van der Waals surface area contributed by atoms with Crippen molar-refractivity contribution < 1.29 is 13.9 Å². The van der Waals surface area contributed by atoms with Gasteiger partial charge in [0.25, 0.3) is 0 Å². The Balaban J connectivity index is 1.93. The minimum Gasteiger partial charge on any atom is -0.458 e. The molecule has 1 saturated carbocycles. The SMILES string of the molecule is Cc1c(C(O)CC2CCC2)oc2ccc(F)cc12. The molecule has 1 fully saturated rings. The number of hydrogen-bond acceptors (Lipinski definition) is 2. The zero-order valence-electron chi connectivity index (χ0n) is 10.4. The van der Waals surface area contributed by atoms with Crippen LogP contribution in [-0.2, 0) is 0 Å². The minimum atomic E-state index is -0.564. The number of aryl methyl sites for hydroxylation is 1. The topological polar surface area (TPSA) is 33.4 Å². The summed E-state index contributed by atoms with van der Waals surface area (Å²) in [6.07, 6.45) is 3.85. The average molecular weight is 248 g/mol. The van der Waals surface area contributed by atoms with E-state index in [0.29, 0.717) is 17.3 Å². The van der Waals surface area contributed by atoms with Crippen LogP contribution in [0.15, 0.2) is 22.6 Å². The van der Waals surface area contributed by atoms with Crippen LogP contribution in [0.25, 0.3) is 11.0 Å². The van der Waals surface area contributed by atoms with Crippen molar-refractivity contribution in [2.24, 2.45) is 5.92 Å². The number of halogens is 1. The Bertz CT molecular complexity index is 569. The lowest BCUT2D eigenvalue weighted by atomic mass is 9.81. The van der Waals surface area contributed by atoms with Crippen molar-refractivity contribution in [1.82, 2.24) is 0 Å². The summed E-state index contributed by atoms with van der Waals surface area (Å²) in [5.74, 6) is 0.943. The molecule has 0 amide bonds. The van der Waals surface area contributed by atoms with Crippen molar-refractivity contribution >= 4 is 11.0 Å². The molecule has 0 bridgehead atoms. The molecular weight excluding hydrogens is 231 g/mol. The van der Waals surface area contributed by atoms with Gasteiger partial charge in [-0.25, -0.2) is 4.39 Å². The molecule has 3 heteroatoms. The van der Waals surface area contributed by atoms with E-state index in [0.717, 1.165) is 17.4 Å². The van der Waals surface area contributed by atoms with Crippen LogP contribution in [0.5, 0.6) is 0 Å². The molecule has 18 heavy (non-hydrogen) atoms. The number of furan rings is 1. The van der Waals surface area contributed by atoms with E-state index < -0.39 is 6.10 Å². The van der Waals surface area contributed by atoms with Gasteiger partial charge in [-0.1, -0.05) is 19.3 Å². The van der Waals surface area contributed by atoms with Gasteiger partial charge in [-0.05, 0) is 37.5 Å². The lowest BCUT2D eigenvalue weighted by Crippen LogP contribution is -2.14. The Labute approximate surface area is 105 Å². The van der Waals surface area contributed by atoms with E-state index >= 15 is 0 Å². The fourth-order valence-corrected chi connectivity index (χ4v) is 2.68. The van der Waals surface area contributed by atoms with Crippen LogP contribution in [0.2, 0.25) is 0 Å². The molecule has 0 spiro atoms. The average Bonchev–Trinajstić information content (AvgIpc) is 2.61. The number of hydrogen-bond donors (Lipinski definition) is 1. The molecule has 3 rings (SSSR count). The molecule has 1 heterocycles. The molecule has 2 aromatic rings. The molecule has 1 aromatic carbocycles. The lowest BCUT2D eigenvalue weighted by Gasteiger charge is -2.27. The largest absolute Gasteiger partial charge is 0.458 e. The molecule has 96 valence electrons. The van der Waals surface area contributed by atoms with Crippen LogP contribution in [-0.4, -0.2) is 5.11 Å². The Morgan fingerprint density at radius 2 is 2.22 bits per heavy atom. The third kappa shape index (κ3) is 1.93. The van der Waals surface area contributed by atoms with Crippen LogP contribution in [0.3, 0.4) is 0 Å². The first-order chi connectivity index (χ1) is 8.65. The fourth-order valence-electron chi connectivity index (χ4n) is 2.68. The van der Waals surface area contributed by atoms with Crippen molar-refractivity contribution in [1.29, 1.82) is 0 Å². The van der Waals surface area contributed by atoms with Gasteiger partial charge < -0.3 is 9.52 Å². The van der Waals surface area contributed by atoms with Gasteiger partial charge in [-0.15, -0.1) is 0 Å².